The maximum absolute atomic E-state index is 4.79. The molecule has 1 aromatic heterocycles. The Labute approximate surface area is 116 Å². The van der Waals surface area contributed by atoms with Gasteiger partial charge in [0.25, 0.3) is 0 Å². The lowest BCUT2D eigenvalue weighted by atomic mass is 10.2. The van der Waals surface area contributed by atoms with E-state index in [0.29, 0.717) is 10.6 Å². The molecule has 94 valence electrons. The molecule has 4 rings (SSSR count). The lowest BCUT2D eigenvalue weighted by Gasteiger charge is -2.14. The molecule has 2 nitrogen and oxygen atoms in total. The minimum atomic E-state index is 0.346. The molecule has 0 bridgehead atoms. The summed E-state index contributed by atoms with van der Waals surface area (Å²) in [6.45, 7) is 2.24. The molecule has 1 aliphatic heterocycles. The average molecular weight is 266 g/mol. The Hall–Kier alpha value is -1.74. The monoisotopic (exact) mass is 266 g/mol. The summed E-state index contributed by atoms with van der Waals surface area (Å²) in [7, 11) is 0. The first-order chi connectivity index (χ1) is 9.34. The number of thioether (sulfide) groups is 1. The number of aromatic nitrogens is 2. The number of nitrogens with zero attached hydrogens (tertiary/aromatic N) is 2. The quantitative estimate of drug-likeness (QED) is 0.650. The minimum Gasteiger partial charge on any atom is -0.310 e. The smallest absolute Gasteiger partial charge is 0.124 e. The third-order valence-electron chi connectivity index (χ3n) is 3.64. The van der Waals surface area contributed by atoms with E-state index >= 15 is 0 Å². The van der Waals surface area contributed by atoms with Crippen LogP contribution < -0.4 is 0 Å². The van der Waals surface area contributed by atoms with E-state index in [4.69, 9.17) is 4.98 Å². The van der Waals surface area contributed by atoms with Crippen LogP contribution in [0, 0.1) is 0 Å². The number of hydrogen-bond acceptors (Lipinski definition) is 2. The van der Waals surface area contributed by atoms with E-state index in [1.165, 1.54) is 16.9 Å². The summed E-state index contributed by atoms with van der Waals surface area (Å²) in [5, 5.41) is 0.788. The molecule has 0 amide bonds. The summed E-state index contributed by atoms with van der Waals surface area (Å²) in [5.41, 5.74) is 3.69. The van der Waals surface area contributed by atoms with Crippen molar-refractivity contribution in [1.82, 2.24) is 9.55 Å². The average Bonchev–Trinajstić information content (AvgIpc) is 2.98. The Kier molecular flexibility index (Phi) is 2.42. The number of imidazole rings is 1. The molecule has 1 aliphatic rings. The molecular weight excluding hydrogens is 252 g/mol. The number of fused-ring (bicyclic) bond motifs is 3. The van der Waals surface area contributed by atoms with Gasteiger partial charge in [0.15, 0.2) is 0 Å². The van der Waals surface area contributed by atoms with Gasteiger partial charge in [0, 0.05) is 0 Å². The molecule has 19 heavy (non-hydrogen) atoms. The third kappa shape index (κ3) is 1.61. The van der Waals surface area contributed by atoms with Gasteiger partial charge in [0.1, 0.15) is 11.2 Å². The SMILES string of the molecule is CC1SC(c2ccccc2)n2c1nc1ccccc12. The fourth-order valence-electron chi connectivity index (χ4n) is 2.76. The molecule has 3 aromatic rings. The van der Waals surface area contributed by atoms with Gasteiger partial charge < -0.3 is 4.57 Å². The number of rotatable bonds is 1. The van der Waals surface area contributed by atoms with Crippen LogP contribution in [-0.4, -0.2) is 9.55 Å². The van der Waals surface area contributed by atoms with E-state index in [1.54, 1.807) is 0 Å². The first kappa shape index (κ1) is 11.1. The molecule has 0 radical (unpaired) electrons. The molecule has 0 N–H and O–H groups in total. The van der Waals surface area contributed by atoms with Crippen LogP contribution in [0.3, 0.4) is 0 Å². The second kappa shape index (κ2) is 4.14. The highest BCUT2D eigenvalue weighted by Crippen LogP contribution is 2.49. The molecule has 0 fully saturated rings. The van der Waals surface area contributed by atoms with Crippen molar-refractivity contribution in [2.75, 3.05) is 0 Å². The van der Waals surface area contributed by atoms with Crippen LogP contribution in [-0.2, 0) is 0 Å². The molecule has 2 unspecified atom stereocenters. The summed E-state index contributed by atoms with van der Waals surface area (Å²) >= 11 is 1.97. The summed E-state index contributed by atoms with van der Waals surface area (Å²) in [4.78, 5) is 4.79. The van der Waals surface area contributed by atoms with Crippen LogP contribution in [0.1, 0.15) is 28.9 Å². The summed E-state index contributed by atoms with van der Waals surface area (Å²) < 4.78 is 2.39. The van der Waals surface area contributed by atoms with Crippen LogP contribution in [0.2, 0.25) is 0 Å². The van der Waals surface area contributed by atoms with E-state index in [-0.39, 0.29) is 0 Å². The van der Waals surface area contributed by atoms with Gasteiger partial charge in [0.2, 0.25) is 0 Å². The fraction of sp³-hybridized carbons (Fsp3) is 0.188. The predicted octanol–water partition coefficient (Wildman–Crippen LogP) is 4.39. The van der Waals surface area contributed by atoms with Crippen LogP contribution in [0.4, 0.5) is 0 Å². The third-order valence-corrected chi connectivity index (χ3v) is 5.00. The van der Waals surface area contributed by atoms with Crippen molar-refractivity contribution in [3.05, 3.63) is 66.0 Å². The number of benzene rings is 2. The van der Waals surface area contributed by atoms with Crippen molar-refractivity contribution >= 4 is 22.8 Å². The van der Waals surface area contributed by atoms with Crippen LogP contribution >= 0.6 is 11.8 Å². The van der Waals surface area contributed by atoms with Crippen molar-refractivity contribution in [2.24, 2.45) is 0 Å². The zero-order valence-corrected chi connectivity index (χ0v) is 11.5. The van der Waals surface area contributed by atoms with Crippen LogP contribution in [0.15, 0.2) is 54.6 Å². The zero-order valence-electron chi connectivity index (χ0n) is 10.7. The maximum Gasteiger partial charge on any atom is 0.124 e. The second-order valence-electron chi connectivity index (χ2n) is 4.87. The first-order valence-corrected chi connectivity index (χ1v) is 7.46. The highest BCUT2D eigenvalue weighted by atomic mass is 32.2. The van der Waals surface area contributed by atoms with Gasteiger partial charge in [-0.1, -0.05) is 42.5 Å². The van der Waals surface area contributed by atoms with Gasteiger partial charge in [-0.2, -0.15) is 0 Å². The van der Waals surface area contributed by atoms with E-state index in [2.05, 4.69) is 66.1 Å². The first-order valence-electron chi connectivity index (χ1n) is 6.52. The van der Waals surface area contributed by atoms with Gasteiger partial charge in [-0.15, -0.1) is 11.8 Å². The number of para-hydroxylation sites is 2. The predicted molar refractivity (Wildman–Crippen MR) is 80.3 cm³/mol. The van der Waals surface area contributed by atoms with E-state index < -0.39 is 0 Å². The molecule has 0 saturated heterocycles. The molecular formula is C16H14N2S. The van der Waals surface area contributed by atoms with Crippen molar-refractivity contribution < 1.29 is 0 Å². The summed E-state index contributed by atoms with van der Waals surface area (Å²) in [6.07, 6.45) is 0. The van der Waals surface area contributed by atoms with E-state index in [1.807, 2.05) is 11.8 Å². The summed E-state index contributed by atoms with van der Waals surface area (Å²) in [6, 6.07) is 19.1. The van der Waals surface area contributed by atoms with Crippen molar-refractivity contribution in [3.63, 3.8) is 0 Å². The molecule has 0 saturated carbocycles. The van der Waals surface area contributed by atoms with Crippen molar-refractivity contribution in [2.45, 2.75) is 17.5 Å². The molecule has 2 aromatic carbocycles. The standard InChI is InChI=1S/C16H14N2S/c1-11-15-17-13-9-5-6-10-14(13)18(15)16(19-11)12-7-3-2-4-8-12/h2-11,16H,1H3. The van der Waals surface area contributed by atoms with Gasteiger partial charge in [-0.25, -0.2) is 4.98 Å². The Morgan fingerprint density at radius 1 is 1.00 bits per heavy atom. The highest BCUT2D eigenvalue weighted by molar-refractivity contribution is 8.00. The van der Waals surface area contributed by atoms with E-state index in [9.17, 15) is 0 Å². The van der Waals surface area contributed by atoms with Crippen LogP contribution in [0.25, 0.3) is 11.0 Å². The van der Waals surface area contributed by atoms with Crippen LogP contribution in [0.5, 0.6) is 0 Å². The van der Waals surface area contributed by atoms with Gasteiger partial charge in [0.05, 0.1) is 16.3 Å². The topological polar surface area (TPSA) is 17.8 Å². The van der Waals surface area contributed by atoms with E-state index in [0.717, 1.165) is 5.52 Å². The molecule has 0 aliphatic carbocycles. The Morgan fingerprint density at radius 2 is 1.74 bits per heavy atom. The largest absolute Gasteiger partial charge is 0.310 e. The summed E-state index contributed by atoms with van der Waals surface area (Å²) in [5.74, 6) is 1.19. The maximum atomic E-state index is 4.79. The highest BCUT2D eigenvalue weighted by Gasteiger charge is 2.32. The van der Waals surface area contributed by atoms with Crippen molar-refractivity contribution in [1.29, 1.82) is 0 Å². The molecule has 2 atom stereocenters. The fourth-order valence-corrected chi connectivity index (χ4v) is 4.09. The Balaban J connectivity index is 1.96. The Morgan fingerprint density at radius 3 is 2.58 bits per heavy atom. The lowest BCUT2D eigenvalue weighted by molar-refractivity contribution is 0.776. The number of hydrogen-bond donors (Lipinski definition) is 0. The molecule has 0 spiro atoms. The Bertz CT molecular complexity index is 733. The molecule has 3 heteroatoms. The molecule has 2 heterocycles. The van der Waals surface area contributed by atoms with Gasteiger partial charge in [-0.3, -0.25) is 0 Å². The van der Waals surface area contributed by atoms with Gasteiger partial charge in [-0.05, 0) is 24.6 Å². The normalized spacial score (nSPS) is 21.7. The minimum absolute atomic E-state index is 0.346. The van der Waals surface area contributed by atoms with Crippen molar-refractivity contribution in [3.8, 4) is 0 Å². The van der Waals surface area contributed by atoms with Gasteiger partial charge >= 0.3 is 0 Å². The lowest BCUT2D eigenvalue weighted by Crippen LogP contribution is -2.02. The zero-order chi connectivity index (χ0) is 12.8. The second-order valence-corrected chi connectivity index (χ2v) is 6.30.